The standard InChI is InChI=1S/C16H21BrN2OS/c1-10-5-7-16(8-6-10,15(18)21)19-14(20)12-9-11(2)3-4-13(12)17/h3-4,9-10H,5-8H2,1-2H3,(H2,18,21)(H,19,20). The summed E-state index contributed by atoms with van der Waals surface area (Å²) in [6.07, 6.45) is 3.70. The van der Waals surface area contributed by atoms with E-state index >= 15 is 0 Å². The maximum absolute atomic E-state index is 12.6. The van der Waals surface area contributed by atoms with Gasteiger partial charge in [-0.05, 0) is 66.6 Å². The van der Waals surface area contributed by atoms with Crippen LogP contribution in [0.25, 0.3) is 0 Å². The zero-order valence-electron chi connectivity index (χ0n) is 12.4. The Hall–Kier alpha value is -0.940. The molecule has 0 aliphatic heterocycles. The second kappa shape index (κ2) is 6.44. The van der Waals surface area contributed by atoms with Crippen LogP contribution >= 0.6 is 28.1 Å². The van der Waals surface area contributed by atoms with Crippen LogP contribution in [0.3, 0.4) is 0 Å². The van der Waals surface area contributed by atoms with Gasteiger partial charge in [0.05, 0.1) is 16.1 Å². The number of thiocarbonyl (C=S) groups is 1. The van der Waals surface area contributed by atoms with Crippen molar-refractivity contribution in [1.29, 1.82) is 0 Å². The summed E-state index contributed by atoms with van der Waals surface area (Å²) in [5.74, 6) is 0.544. The van der Waals surface area contributed by atoms with Crippen molar-refractivity contribution in [3.8, 4) is 0 Å². The molecule has 0 saturated heterocycles. The first kappa shape index (κ1) is 16.4. The topological polar surface area (TPSA) is 55.1 Å². The molecule has 0 aromatic heterocycles. The number of hydrogen-bond donors (Lipinski definition) is 2. The summed E-state index contributed by atoms with van der Waals surface area (Å²) in [6, 6.07) is 5.73. The van der Waals surface area contributed by atoms with Crippen molar-refractivity contribution < 1.29 is 4.79 Å². The molecule has 3 nitrogen and oxygen atoms in total. The van der Waals surface area contributed by atoms with Gasteiger partial charge in [0.1, 0.15) is 0 Å². The number of aryl methyl sites for hydroxylation is 1. The lowest BCUT2D eigenvalue weighted by Gasteiger charge is -2.39. The van der Waals surface area contributed by atoms with Crippen molar-refractivity contribution in [2.45, 2.75) is 45.1 Å². The fourth-order valence-corrected chi connectivity index (χ4v) is 3.47. The molecule has 0 atom stereocenters. The Balaban J connectivity index is 2.23. The van der Waals surface area contributed by atoms with Crippen molar-refractivity contribution in [3.63, 3.8) is 0 Å². The summed E-state index contributed by atoms with van der Waals surface area (Å²) in [5.41, 5.74) is 7.08. The molecule has 0 unspecified atom stereocenters. The van der Waals surface area contributed by atoms with E-state index in [1.54, 1.807) is 0 Å². The minimum absolute atomic E-state index is 0.118. The third kappa shape index (κ3) is 3.64. The number of nitrogens with two attached hydrogens (primary N) is 1. The molecule has 2 rings (SSSR count). The first-order valence-corrected chi connectivity index (χ1v) is 8.43. The summed E-state index contributed by atoms with van der Waals surface area (Å²) in [6.45, 7) is 4.19. The lowest BCUT2D eigenvalue weighted by Crippen LogP contribution is -2.58. The first-order valence-electron chi connectivity index (χ1n) is 7.22. The Morgan fingerprint density at radius 3 is 2.62 bits per heavy atom. The molecule has 1 aromatic carbocycles. The van der Waals surface area contributed by atoms with E-state index in [9.17, 15) is 4.79 Å². The van der Waals surface area contributed by atoms with E-state index in [-0.39, 0.29) is 5.91 Å². The molecule has 1 fully saturated rings. The van der Waals surface area contributed by atoms with Crippen LogP contribution in [0.1, 0.15) is 48.5 Å². The molecule has 21 heavy (non-hydrogen) atoms. The van der Waals surface area contributed by atoms with Gasteiger partial charge < -0.3 is 11.1 Å². The number of benzene rings is 1. The smallest absolute Gasteiger partial charge is 0.253 e. The summed E-state index contributed by atoms with van der Waals surface area (Å²) in [5, 5.41) is 3.10. The summed E-state index contributed by atoms with van der Waals surface area (Å²) in [7, 11) is 0. The lowest BCUT2D eigenvalue weighted by atomic mass is 9.77. The van der Waals surface area contributed by atoms with Gasteiger partial charge in [0.15, 0.2) is 0 Å². The molecule has 0 heterocycles. The average molecular weight is 369 g/mol. The third-order valence-electron chi connectivity index (χ3n) is 4.32. The highest BCUT2D eigenvalue weighted by atomic mass is 79.9. The second-order valence-corrected chi connectivity index (χ2v) is 7.36. The van der Waals surface area contributed by atoms with Crippen LogP contribution in [-0.4, -0.2) is 16.4 Å². The molecule has 1 amide bonds. The Kier molecular flexibility index (Phi) is 5.04. The predicted molar refractivity (Wildman–Crippen MR) is 93.5 cm³/mol. The van der Waals surface area contributed by atoms with Gasteiger partial charge in [-0.25, -0.2) is 0 Å². The number of hydrogen-bond acceptors (Lipinski definition) is 2. The fraction of sp³-hybridized carbons (Fsp3) is 0.500. The van der Waals surface area contributed by atoms with Gasteiger partial charge >= 0.3 is 0 Å². The second-order valence-electron chi connectivity index (χ2n) is 6.07. The number of carbonyl (C=O) groups excluding carboxylic acids is 1. The number of amides is 1. The highest BCUT2D eigenvalue weighted by Gasteiger charge is 2.38. The van der Waals surface area contributed by atoms with Crippen LogP contribution in [0.5, 0.6) is 0 Å². The third-order valence-corrected chi connectivity index (χ3v) is 5.40. The zero-order valence-corrected chi connectivity index (χ0v) is 14.8. The molecule has 5 heteroatoms. The van der Waals surface area contributed by atoms with Crippen LogP contribution in [0.4, 0.5) is 0 Å². The predicted octanol–water partition coefficient (Wildman–Crippen LogP) is 3.72. The first-order chi connectivity index (χ1) is 9.84. The van der Waals surface area contributed by atoms with Crippen LogP contribution in [0.2, 0.25) is 0 Å². The molecule has 0 spiro atoms. The molecule has 1 aromatic rings. The average Bonchev–Trinajstić information content (AvgIpc) is 2.44. The molecule has 114 valence electrons. The van der Waals surface area contributed by atoms with Gasteiger partial charge in [-0.1, -0.05) is 30.8 Å². The maximum atomic E-state index is 12.6. The van der Waals surface area contributed by atoms with Gasteiger partial charge in [-0.3, -0.25) is 4.79 Å². The van der Waals surface area contributed by atoms with Crippen LogP contribution in [0, 0.1) is 12.8 Å². The van der Waals surface area contributed by atoms with Crippen LogP contribution < -0.4 is 11.1 Å². The van der Waals surface area contributed by atoms with Gasteiger partial charge in [-0.2, -0.15) is 0 Å². The molecule has 0 radical (unpaired) electrons. The molecule has 1 saturated carbocycles. The monoisotopic (exact) mass is 368 g/mol. The highest BCUT2D eigenvalue weighted by molar-refractivity contribution is 9.10. The highest BCUT2D eigenvalue weighted by Crippen LogP contribution is 2.33. The normalized spacial score (nSPS) is 25.4. The van der Waals surface area contributed by atoms with Gasteiger partial charge in [0.2, 0.25) is 0 Å². The molecular formula is C16H21BrN2OS. The Bertz CT molecular complexity index is 565. The molecule has 0 bridgehead atoms. The Labute approximate surface area is 139 Å². The van der Waals surface area contributed by atoms with Crippen molar-refractivity contribution >= 4 is 39.0 Å². The molecule has 1 aliphatic carbocycles. The van der Waals surface area contributed by atoms with Gasteiger partial charge in [-0.15, -0.1) is 0 Å². The van der Waals surface area contributed by atoms with E-state index in [1.807, 2.05) is 25.1 Å². The number of halogens is 1. The summed E-state index contributed by atoms with van der Waals surface area (Å²) in [4.78, 5) is 13.0. The molecular weight excluding hydrogens is 348 g/mol. The van der Waals surface area contributed by atoms with E-state index in [4.69, 9.17) is 18.0 Å². The minimum atomic E-state index is -0.540. The van der Waals surface area contributed by atoms with E-state index in [0.717, 1.165) is 35.7 Å². The van der Waals surface area contributed by atoms with Crippen molar-refractivity contribution in [3.05, 3.63) is 33.8 Å². The zero-order chi connectivity index (χ0) is 15.6. The quantitative estimate of drug-likeness (QED) is 0.799. The number of nitrogens with one attached hydrogen (secondary N) is 1. The molecule has 1 aliphatic rings. The van der Waals surface area contributed by atoms with E-state index in [1.165, 1.54) is 0 Å². The minimum Gasteiger partial charge on any atom is -0.391 e. The Morgan fingerprint density at radius 1 is 1.43 bits per heavy atom. The number of rotatable bonds is 3. The lowest BCUT2D eigenvalue weighted by molar-refractivity contribution is 0.0900. The van der Waals surface area contributed by atoms with Crippen LogP contribution in [-0.2, 0) is 0 Å². The van der Waals surface area contributed by atoms with Crippen molar-refractivity contribution in [2.75, 3.05) is 0 Å². The fourth-order valence-electron chi connectivity index (χ4n) is 2.79. The molecule has 3 N–H and O–H groups in total. The number of carbonyl (C=O) groups is 1. The van der Waals surface area contributed by atoms with Gasteiger partial charge in [0.25, 0.3) is 5.91 Å². The van der Waals surface area contributed by atoms with Crippen LogP contribution in [0.15, 0.2) is 22.7 Å². The summed E-state index contributed by atoms with van der Waals surface area (Å²) >= 11 is 8.68. The van der Waals surface area contributed by atoms with Crippen molar-refractivity contribution in [1.82, 2.24) is 5.32 Å². The maximum Gasteiger partial charge on any atom is 0.253 e. The van der Waals surface area contributed by atoms with E-state index in [2.05, 4.69) is 28.2 Å². The Morgan fingerprint density at radius 2 is 2.05 bits per heavy atom. The largest absolute Gasteiger partial charge is 0.391 e. The van der Waals surface area contributed by atoms with E-state index in [0.29, 0.717) is 16.5 Å². The van der Waals surface area contributed by atoms with E-state index < -0.39 is 5.54 Å². The summed E-state index contributed by atoms with van der Waals surface area (Å²) < 4.78 is 0.785. The SMILES string of the molecule is Cc1ccc(Br)c(C(=O)NC2(C(N)=S)CCC(C)CC2)c1. The van der Waals surface area contributed by atoms with Gasteiger partial charge in [0, 0.05) is 4.47 Å². The van der Waals surface area contributed by atoms with Crippen molar-refractivity contribution in [2.24, 2.45) is 11.7 Å².